The first kappa shape index (κ1) is 26.7. The van der Waals surface area contributed by atoms with Gasteiger partial charge in [-0.1, -0.05) is 24.3 Å². The molecule has 0 heterocycles. The molecule has 1 atom stereocenters. The minimum atomic E-state index is -1.02. The molecule has 190 valence electrons. The van der Waals surface area contributed by atoms with Gasteiger partial charge >= 0.3 is 0 Å². The van der Waals surface area contributed by atoms with Crippen LogP contribution in [0.2, 0.25) is 0 Å². The summed E-state index contributed by atoms with van der Waals surface area (Å²) in [6, 6.07) is 15.3. The summed E-state index contributed by atoms with van der Waals surface area (Å²) >= 11 is 0. The zero-order chi connectivity index (χ0) is 26.1. The third-order valence-electron chi connectivity index (χ3n) is 5.32. The predicted octanol–water partition coefficient (Wildman–Crippen LogP) is 3.54. The molecular formula is C27H28F2N2O5. The zero-order valence-electron chi connectivity index (χ0n) is 20.0. The van der Waals surface area contributed by atoms with E-state index in [0.717, 1.165) is 17.7 Å². The first-order valence-corrected chi connectivity index (χ1v) is 11.1. The summed E-state index contributed by atoms with van der Waals surface area (Å²) in [4.78, 5) is 11.9. The van der Waals surface area contributed by atoms with Gasteiger partial charge in [0, 0.05) is 30.3 Å². The topological polar surface area (TPSA) is 103 Å². The van der Waals surface area contributed by atoms with Gasteiger partial charge in [0.2, 0.25) is 5.91 Å². The molecule has 3 rings (SSSR count). The van der Waals surface area contributed by atoms with E-state index >= 15 is 0 Å². The fraction of sp³-hybridized carbons (Fsp3) is 0.222. The van der Waals surface area contributed by atoms with Gasteiger partial charge in [-0.2, -0.15) is 0 Å². The summed E-state index contributed by atoms with van der Waals surface area (Å²) in [5, 5.41) is 13.4. The predicted molar refractivity (Wildman–Crippen MR) is 133 cm³/mol. The molecule has 9 heteroatoms. The van der Waals surface area contributed by atoms with Crippen molar-refractivity contribution in [2.45, 2.75) is 12.6 Å². The summed E-state index contributed by atoms with van der Waals surface area (Å²) in [5.41, 5.74) is 7.31. The van der Waals surface area contributed by atoms with Crippen molar-refractivity contribution in [3.05, 3.63) is 89.0 Å². The Morgan fingerprint density at radius 3 is 2.36 bits per heavy atom. The molecule has 0 aliphatic rings. The Labute approximate surface area is 208 Å². The second-order valence-electron chi connectivity index (χ2n) is 7.89. The number of amides is 1. The highest BCUT2D eigenvalue weighted by atomic mass is 19.2. The van der Waals surface area contributed by atoms with Crippen LogP contribution in [0, 0.1) is 11.6 Å². The number of ether oxygens (including phenoxy) is 3. The van der Waals surface area contributed by atoms with Crippen LogP contribution in [0.25, 0.3) is 11.6 Å². The third kappa shape index (κ3) is 7.27. The fourth-order valence-electron chi connectivity index (χ4n) is 3.42. The second-order valence-corrected chi connectivity index (χ2v) is 7.89. The molecule has 3 aromatic rings. The number of primary amides is 1. The van der Waals surface area contributed by atoms with Crippen LogP contribution in [-0.2, 0) is 11.3 Å². The third-order valence-corrected chi connectivity index (χ3v) is 5.32. The van der Waals surface area contributed by atoms with E-state index in [1.165, 1.54) is 12.1 Å². The molecule has 7 nitrogen and oxygen atoms in total. The molecule has 1 unspecified atom stereocenters. The summed E-state index contributed by atoms with van der Waals surface area (Å²) < 4.78 is 42.8. The van der Waals surface area contributed by atoms with E-state index in [2.05, 4.69) is 5.32 Å². The summed E-state index contributed by atoms with van der Waals surface area (Å²) in [6.45, 7) is 0.814. The molecule has 0 radical (unpaired) electrons. The van der Waals surface area contributed by atoms with Gasteiger partial charge in [-0.25, -0.2) is 8.78 Å². The van der Waals surface area contributed by atoms with Crippen LogP contribution < -0.4 is 25.3 Å². The van der Waals surface area contributed by atoms with Crippen LogP contribution >= 0.6 is 0 Å². The summed E-state index contributed by atoms with van der Waals surface area (Å²) in [6.07, 6.45) is 0.608. The largest absolute Gasteiger partial charge is 0.497 e. The highest BCUT2D eigenvalue weighted by molar-refractivity contribution is 6.23. The smallest absolute Gasteiger partial charge is 0.249 e. The lowest BCUT2D eigenvalue weighted by atomic mass is 10.0. The van der Waals surface area contributed by atoms with Crippen LogP contribution in [0.5, 0.6) is 17.2 Å². The normalized spacial score (nSPS) is 12.2. The van der Waals surface area contributed by atoms with E-state index in [1.54, 1.807) is 44.6 Å². The van der Waals surface area contributed by atoms with Crippen molar-refractivity contribution in [1.29, 1.82) is 0 Å². The van der Waals surface area contributed by atoms with Gasteiger partial charge in [0.1, 0.15) is 30.0 Å². The van der Waals surface area contributed by atoms with Crippen molar-refractivity contribution in [2.24, 2.45) is 5.73 Å². The SMILES string of the molecule is COc1ccc(CNCC(O)COc2ccc(/C(=C/c3ccc(F)c(F)c3)C(N)=O)cc2)c(OC)c1. The zero-order valence-corrected chi connectivity index (χ0v) is 20.0. The maximum atomic E-state index is 13.5. The van der Waals surface area contributed by atoms with E-state index in [0.29, 0.717) is 34.9 Å². The number of hydrogen-bond donors (Lipinski definition) is 3. The Kier molecular flexibility index (Phi) is 9.38. The number of aliphatic hydroxyl groups is 1. The molecule has 0 aliphatic heterocycles. The molecule has 0 saturated heterocycles. The number of benzene rings is 3. The molecule has 3 aromatic carbocycles. The Morgan fingerprint density at radius 1 is 1.00 bits per heavy atom. The number of methoxy groups -OCH3 is 2. The van der Waals surface area contributed by atoms with Crippen LogP contribution in [0.4, 0.5) is 8.78 Å². The summed E-state index contributed by atoms with van der Waals surface area (Å²) in [5.74, 6) is -0.867. The number of carbonyl (C=O) groups is 1. The van der Waals surface area contributed by atoms with Crippen molar-refractivity contribution < 1.29 is 32.9 Å². The van der Waals surface area contributed by atoms with E-state index in [4.69, 9.17) is 19.9 Å². The molecule has 0 aromatic heterocycles. The Balaban J connectivity index is 1.54. The molecule has 1 amide bonds. The Bertz CT molecular complexity index is 1220. The van der Waals surface area contributed by atoms with Crippen LogP contribution in [-0.4, -0.2) is 44.5 Å². The van der Waals surface area contributed by atoms with Crippen molar-refractivity contribution >= 4 is 17.6 Å². The Hall–Kier alpha value is -3.95. The quantitative estimate of drug-likeness (QED) is 0.261. The van der Waals surface area contributed by atoms with Gasteiger partial charge in [0.25, 0.3) is 0 Å². The molecule has 0 bridgehead atoms. The van der Waals surface area contributed by atoms with Gasteiger partial charge < -0.3 is 30.4 Å². The number of aliphatic hydroxyl groups excluding tert-OH is 1. The summed E-state index contributed by atoms with van der Waals surface area (Å²) in [7, 11) is 3.16. The molecule has 0 spiro atoms. The van der Waals surface area contributed by atoms with E-state index in [1.807, 2.05) is 12.1 Å². The monoisotopic (exact) mass is 498 g/mol. The number of nitrogens with one attached hydrogen (secondary N) is 1. The molecule has 0 fully saturated rings. The average molecular weight is 499 g/mol. The average Bonchev–Trinajstić information content (AvgIpc) is 2.88. The van der Waals surface area contributed by atoms with Crippen LogP contribution in [0.1, 0.15) is 16.7 Å². The molecule has 0 aliphatic carbocycles. The molecule has 36 heavy (non-hydrogen) atoms. The maximum Gasteiger partial charge on any atom is 0.249 e. The van der Waals surface area contributed by atoms with Gasteiger partial charge in [-0.3, -0.25) is 4.79 Å². The number of nitrogens with two attached hydrogens (primary N) is 1. The van der Waals surface area contributed by atoms with Gasteiger partial charge in [-0.05, 0) is 47.5 Å². The standard InChI is InChI=1S/C27H28F2N2O5/c1-34-22-9-6-19(26(13-22)35-2)14-31-15-20(32)16-36-21-7-4-18(5-8-21)23(27(30)33)11-17-3-10-24(28)25(29)12-17/h3-13,20,31-32H,14-16H2,1-2H3,(H2,30,33)/b23-11-. The lowest BCUT2D eigenvalue weighted by molar-refractivity contribution is -0.112. The Morgan fingerprint density at radius 2 is 1.72 bits per heavy atom. The fourth-order valence-corrected chi connectivity index (χ4v) is 3.42. The highest BCUT2D eigenvalue weighted by Crippen LogP contribution is 2.25. The highest BCUT2D eigenvalue weighted by Gasteiger charge is 2.12. The van der Waals surface area contributed by atoms with Crippen molar-refractivity contribution in [2.75, 3.05) is 27.4 Å². The van der Waals surface area contributed by atoms with Gasteiger partial charge in [0.05, 0.1) is 14.2 Å². The van der Waals surface area contributed by atoms with Crippen molar-refractivity contribution in [3.8, 4) is 17.2 Å². The molecule has 4 N–H and O–H groups in total. The minimum Gasteiger partial charge on any atom is -0.497 e. The lowest BCUT2D eigenvalue weighted by Gasteiger charge is -2.15. The number of carbonyl (C=O) groups excluding carboxylic acids is 1. The first-order valence-electron chi connectivity index (χ1n) is 11.1. The second kappa shape index (κ2) is 12.7. The first-order chi connectivity index (χ1) is 17.3. The maximum absolute atomic E-state index is 13.5. The van der Waals surface area contributed by atoms with Gasteiger partial charge in [0.15, 0.2) is 11.6 Å². The van der Waals surface area contributed by atoms with Crippen molar-refractivity contribution in [3.63, 3.8) is 0 Å². The van der Waals surface area contributed by atoms with Crippen LogP contribution in [0.3, 0.4) is 0 Å². The van der Waals surface area contributed by atoms with Crippen LogP contribution in [0.15, 0.2) is 60.7 Å². The lowest BCUT2D eigenvalue weighted by Crippen LogP contribution is -2.31. The van der Waals surface area contributed by atoms with E-state index in [9.17, 15) is 18.7 Å². The molecular weight excluding hydrogens is 470 g/mol. The number of rotatable bonds is 12. The number of halogens is 2. The van der Waals surface area contributed by atoms with Gasteiger partial charge in [-0.15, -0.1) is 0 Å². The molecule has 0 saturated carbocycles. The van der Waals surface area contributed by atoms with E-state index in [-0.39, 0.29) is 18.7 Å². The van der Waals surface area contributed by atoms with E-state index < -0.39 is 23.6 Å². The van der Waals surface area contributed by atoms with Crippen molar-refractivity contribution in [1.82, 2.24) is 5.32 Å². The minimum absolute atomic E-state index is 0.0411. The number of hydrogen-bond acceptors (Lipinski definition) is 6.